The molecule has 1 N–H and O–H groups in total. The number of aryl methyl sites for hydroxylation is 1. The Labute approximate surface area is 133 Å². The van der Waals surface area contributed by atoms with Crippen LogP contribution in [0.3, 0.4) is 0 Å². The zero-order valence-corrected chi connectivity index (χ0v) is 14.0. The van der Waals surface area contributed by atoms with Crippen molar-refractivity contribution in [1.82, 2.24) is 20.1 Å². The fraction of sp³-hybridized carbons (Fsp3) is 0.647. The van der Waals surface area contributed by atoms with E-state index in [0.29, 0.717) is 6.54 Å². The first-order valence-electron chi connectivity index (χ1n) is 8.15. The zero-order chi connectivity index (χ0) is 15.9. The molecule has 0 saturated carbocycles. The molecular formula is C17H28N4O. The van der Waals surface area contributed by atoms with Crippen molar-refractivity contribution >= 4 is 5.91 Å². The lowest BCUT2D eigenvalue weighted by Crippen LogP contribution is -2.43. The molecular weight excluding hydrogens is 276 g/mol. The number of amides is 1. The van der Waals surface area contributed by atoms with Gasteiger partial charge in [-0.15, -0.1) is 0 Å². The van der Waals surface area contributed by atoms with Crippen molar-refractivity contribution in [2.75, 3.05) is 39.8 Å². The van der Waals surface area contributed by atoms with Crippen LogP contribution < -0.4 is 5.32 Å². The van der Waals surface area contributed by atoms with Gasteiger partial charge in [0.2, 0.25) is 5.91 Å². The maximum atomic E-state index is 12.2. The molecule has 1 aromatic rings. The average molecular weight is 304 g/mol. The van der Waals surface area contributed by atoms with Crippen LogP contribution in [0.4, 0.5) is 0 Å². The highest BCUT2D eigenvalue weighted by Gasteiger charge is 2.16. The third kappa shape index (κ3) is 5.39. The second-order valence-corrected chi connectivity index (χ2v) is 6.37. The lowest BCUT2D eigenvalue weighted by molar-refractivity contribution is -0.122. The highest BCUT2D eigenvalue weighted by Crippen LogP contribution is 2.06. The van der Waals surface area contributed by atoms with Crippen molar-refractivity contribution in [2.45, 2.75) is 32.7 Å². The molecule has 1 fully saturated rings. The van der Waals surface area contributed by atoms with Crippen LogP contribution in [-0.4, -0.2) is 66.5 Å². The first-order chi connectivity index (χ1) is 10.5. The van der Waals surface area contributed by atoms with E-state index in [1.165, 1.54) is 5.56 Å². The van der Waals surface area contributed by atoms with E-state index in [9.17, 15) is 4.79 Å². The Morgan fingerprint density at radius 1 is 1.36 bits per heavy atom. The Morgan fingerprint density at radius 2 is 2.18 bits per heavy atom. The van der Waals surface area contributed by atoms with Crippen molar-refractivity contribution < 1.29 is 4.79 Å². The minimum Gasteiger partial charge on any atom is -0.352 e. The van der Waals surface area contributed by atoms with E-state index >= 15 is 0 Å². The number of hydrogen-bond acceptors (Lipinski definition) is 4. The lowest BCUT2D eigenvalue weighted by atomic mass is 10.1. The van der Waals surface area contributed by atoms with Crippen LogP contribution in [0.2, 0.25) is 0 Å². The summed E-state index contributed by atoms with van der Waals surface area (Å²) in [6.45, 7) is 8.73. The number of carbonyl (C=O) groups is 1. The van der Waals surface area contributed by atoms with Crippen LogP contribution in [-0.2, 0) is 11.2 Å². The monoisotopic (exact) mass is 304 g/mol. The normalized spacial score (nSPS) is 18.7. The minimum absolute atomic E-state index is 0.107. The van der Waals surface area contributed by atoms with Crippen LogP contribution in [0.5, 0.6) is 0 Å². The van der Waals surface area contributed by atoms with Crippen LogP contribution in [0, 0.1) is 6.92 Å². The van der Waals surface area contributed by atoms with Gasteiger partial charge in [0.15, 0.2) is 0 Å². The number of nitrogens with one attached hydrogen (secondary N) is 1. The van der Waals surface area contributed by atoms with Gasteiger partial charge in [-0.05, 0) is 52.0 Å². The van der Waals surface area contributed by atoms with Crippen LogP contribution >= 0.6 is 0 Å². The molecule has 2 heterocycles. The molecule has 1 aliphatic heterocycles. The Balaban J connectivity index is 1.77. The summed E-state index contributed by atoms with van der Waals surface area (Å²) in [6.07, 6.45) is 3.72. The molecule has 122 valence electrons. The molecule has 1 atom stereocenters. The van der Waals surface area contributed by atoms with E-state index < -0.39 is 0 Å². The van der Waals surface area contributed by atoms with Gasteiger partial charge in [-0.1, -0.05) is 6.07 Å². The fourth-order valence-electron chi connectivity index (χ4n) is 2.85. The van der Waals surface area contributed by atoms with Crippen molar-refractivity contribution in [3.63, 3.8) is 0 Å². The molecule has 1 aromatic heterocycles. The Morgan fingerprint density at radius 3 is 2.95 bits per heavy atom. The van der Waals surface area contributed by atoms with E-state index in [0.717, 1.165) is 44.7 Å². The predicted molar refractivity (Wildman–Crippen MR) is 88.8 cm³/mol. The van der Waals surface area contributed by atoms with E-state index in [2.05, 4.69) is 40.1 Å². The number of likely N-dealkylation sites (N-methyl/N-ethyl adjacent to an activating group) is 1. The maximum absolute atomic E-state index is 12.2. The number of aromatic nitrogens is 1. The molecule has 1 amide bonds. The summed E-state index contributed by atoms with van der Waals surface area (Å²) in [4.78, 5) is 21.2. The number of nitrogens with zero attached hydrogens (tertiary/aromatic N) is 3. The van der Waals surface area contributed by atoms with Crippen LogP contribution in [0.1, 0.15) is 24.6 Å². The molecule has 5 heteroatoms. The number of rotatable bonds is 5. The predicted octanol–water partition coefficient (Wildman–Crippen LogP) is 1.07. The zero-order valence-electron chi connectivity index (χ0n) is 14.0. The van der Waals surface area contributed by atoms with E-state index in [4.69, 9.17) is 0 Å². The van der Waals surface area contributed by atoms with Gasteiger partial charge in [0.05, 0.1) is 6.54 Å². The molecule has 0 spiro atoms. The summed E-state index contributed by atoms with van der Waals surface area (Å²) in [6, 6.07) is 4.11. The van der Waals surface area contributed by atoms with Crippen LogP contribution in [0.15, 0.2) is 18.3 Å². The molecule has 5 nitrogen and oxygen atoms in total. The van der Waals surface area contributed by atoms with Gasteiger partial charge in [0.25, 0.3) is 0 Å². The van der Waals surface area contributed by atoms with E-state index in [1.807, 2.05) is 19.2 Å². The number of pyridine rings is 1. The molecule has 0 aromatic carbocycles. The van der Waals surface area contributed by atoms with Crippen molar-refractivity contribution in [3.05, 3.63) is 29.6 Å². The Bertz CT molecular complexity index is 491. The van der Waals surface area contributed by atoms with Gasteiger partial charge >= 0.3 is 0 Å². The van der Waals surface area contributed by atoms with Gasteiger partial charge in [-0.25, -0.2) is 0 Å². The molecule has 0 aliphatic carbocycles. The largest absolute Gasteiger partial charge is 0.352 e. The van der Waals surface area contributed by atoms with Gasteiger partial charge in [-0.2, -0.15) is 0 Å². The number of hydrogen-bond donors (Lipinski definition) is 1. The van der Waals surface area contributed by atoms with Gasteiger partial charge < -0.3 is 10.2 Å². The lowest BCUT2D eigenvalue weighted by Gasteiger charge is -2.21. The highest BCUT2D eigenvalue weighted by atomic mass is 16.2. The fourth-order valence-corrected chi connectivity index (χ4v) is 2.85. The smallest absolute Gasteiger partial charge is 0.234 e. The number of carbonyl (C=O) groups excluding carboxylic acids is 1. The topological polar surface area (TPSA) is 48.5 Å². The van der Waals surface area contributed by atoms with Gasteiger partial charge in [0.1, 0.15) is 0 Å². The van der Waals surface area contributed by atoms with E-state index in [1.54, 1.807) is 0 Å². The Kier molecular flexibility index (Phi) is 6.34. The van der Waals surface area contributed by atoms with Gasteiger partial charge in [-0.3, -0.25) is 14.7 Å². The third-order valence-corrected chi connectivity index (χ3v) is 4.20. The summed E-state index contributed by atoms with van der Waals surface area (Å²) >= 11 is 0. The summed E-state index contributed by atoms with van der Waals surface area (Å²) in [5.74, 6) is 0.116. The second-order valence-electron chi connectivity index (χ2n) is 6.37. The molecule has 1 saturated heterocycles. The maximum Gasteiger partial charge on any atom is 0.234 e. The molecule has 1 aliphatic rings. The summed E-state index contributed by atoms with van der Waals surface area (Å²) in [7, 11) is 2.14. The molecule has 2 rings (SSSR count). The average Bonchev–Trinajstić information content (AvgIpc) is 2.66. The first kappa shape index (κ1) is 16.9. The van der Waals surface area contributed by atoms with Crippen LogP contribution in [0.25, 0.3) is 0 Å². The molecule has 22 heavy (non-hydrogen) atoms. The summed E-state index contributed by atoms with van der Waals surface area (Å²) < 4.78 is 0. The van der Waals surface area contributed by atoms with E-state index in [-0.39, 0.29) is 11.9 Å². The Hall–Kier alpha value is -1.46. The molecule has 0 bridgehead atoms. The van der Waals surface area contributed by atoms with Gasteiger partial charge in [0, 0.05) is 37.4 Å². The first-order valence-corrected chi connectivity index (χ1v) is 8.15. The standard InChI is InChI=1S/C17H28N4O/c1-14-6-4-7-18-16(14)12-15(2)19-17(22)13-21-9-5-8-20(3)10-11-21/h4,6-7,15H,5,8-13H2,1-3H3,(H,19,22). The third-order valence-electron chi connectivity index (χ3n) is 4.20. The van der Waals surface area contributed by atoms with Crippen molar-refractivity contribution in [1.29, 1.82) is 0 Å². The van der Waals surface area contributed by atoms with Crippen molar-refractivity contribution in [2.24, 2.45) is 0 Å². The second kappa shape index (κ2) is 8.25. The highest BCUT2D eigenvalue weighted by molar-refractivity contribution is 5.78. The quantitative estimate of drug-likeness (QED) is 0.884. The SMILES string of the molecule is Cc1cccnc1CC(C)NC(=O)CN1CCCN(C)CC1. The summed E-state index contributed by atoms with van der Waals surface area (Å²) in [5, 5.41) is 3.10. The van der Waals surface area contributed by atoms with Crippen molar-refractivity contribution in [3.8, 4) is 0 Å². The molecule has 0 radical (unpaired) electrons. The molecule has 1 unspecified atom stereocenters. The minimum atomic E-state index is 0.107. The summed E-state index contributed by atoms with van der Waals surface area (Å²) in [5.41, 5.74) is 2.24.